The minimum absolute atomic E-state index is 0.205. The molecule has 94 valence electrons. The number of hydrogen-bond donors (Lipinski definition) is 1. The summed E-state index contributed by atoms with van der Waals surface area (Å²) in [7, 11) is 0. The first kappa shape index (κ1) is 11.2. The monoisotopic (exact) mass is 245 g/mol. The van der Waals surface area contributed by atoms with Gasteiger partial charge in [0.05, 0.1) is 11.6 Å². The molecule has 5 nitrogen and oxygen atoms in total. The quantitative estimate of drug-likeness (QED) is 0.881. The Labute approximate surface area is 105 Å². The topological polar surface area (TPSA) is 57.8 Å². The average molecular weight is 245 g/mol. The van der Waals surface area contributed by atoms with E-state index in [2.05, 4.69) is 9.88 Å². The van der Waals surface area contributed by atoms with Crippen LogP contribution in [0, 0.1) is 12.8 Å². The second-order valence-electron chi connectivity index (χ2n) is 4.88. The molecule has 3 rings (SSSR count). The maximum atomic E-state index is 10.7. The van der Waals surface area contributed by atoms with Gasteiger partial charge in [0.15, 0.2) is 0 Å². The zero-order chi connectivity index (χ0) is 12.7. The van der Waals surface area contributed by atoms with Gasteiger partial charge >= 0.3 is 5.97 Å². The van der Waals surface area contributed by atoms with Crippen molar-refractivity contribution < 1.29 is 9.90 Å². The maximum absolute atomic E-state index is 10.7. The van der Waals surface area contributed by atoms with Crippen molar-refractivity contribution in [2.45, 2.75) is 13.5 Å². The van der Waals surface area contributed by atoms with Crippen LogP contribution in [0.3, 0.4) is 0 Å². The predicted molar refractivity (Wildman–Crippen MR) is 66.3 cm³/mol. The first-order valence-corrected chi connectivity index (χ1v) is 6.02. The van der Waals surface area contributed by atoms with Gasteiger partial charge in [-0.2, -0.15) is 0 Å². The Morgan fingerprint density at radius 3 is 3.00 bits per heavy atom. The molecule has 1 N–H and O–H groups in total. The normalized spacial score (nSPS) is 16.9. The van der Waals surface area contributed by atoms with E-state index in [-0.39, 0.29) is 5.92 Å². The van der Waals surface area contributed by atoms with E-state index < -0.39 is 5.97 Å². The number of hydrogen-bond acceptors (Lipinski definition) is 3. The van der Waals surface area contributed by atoms with E-state index in [4.69, 9.17) is 5.11 Å². The summed E-state index contributed by atoms with van der Waals surface area (Å²) in [6, 6.07) is 4.04. The Morgan fingerprint density at radius 2 is 2.33 bits per heavy atom. The molecule has 1 aliphatic rings. The van der Waals surface area contributed by atoms with Gasteiger partial charge in [-0.3, -0.25) is 9.69 Å². The number of carbonyl (C=O) groups is 1. The van der Waals surface area contributed by atoms with Crippen molar-refractivity contribution in [3.63, 3.8) is 0 Å². The highest BCUT2D eigenvalue weighted by molar-refractivity contribution is 5.71. The van der Waals surface area contributed by atoms with Crippen LogP contribution >= 0.6 is 0 Å². The van der Waals surface area contributed by atoms with Crippen LogP contribution in [0.15, 0.2) is 24.5 Å². The van der Waals surface area contributed by atoms with Gasteiger partial charge in [0.25, 0.3) is 0 Å². The van der Waals surface area contributed by atoms with Gasteiger partial charge in [0.1, 0.15) is 5.65 Å². The van der Waals surface area contributed by atoms with E-state index in [9.17, 15) is 4.79 Å². The number of carboxylic acid groups (broad SMARTS) is 1. The van der Waals surface area contributed by atoms with Crippen LogP contribution in [-0.4, -0.2) is 38.4 Å². The largest absolute Gasteiger partial charge is 0.481 e. The molecule has 0 amide bonds. The molecule has 0 aromatic carbocycles. The van der Waals surface area contributed by atoms with Gasteiger partial charge in [-0.1, -0.05) is 6.07 Å². The summed E-state index contributed by atoms with van der Waals surface area (Å²) < 4.78 is 2.01. The third-order valence-corrected chi connectivity index (χ3v) is 3.42. The van der Waals surface area contributed by atoms with Crippen molar-refractivity contribution in [2.75, 3.05) is 13.1 Å². The lowest BCUT2D eigenvalue weighted by Crippen LogP contribution is -2.49. The van der Waals surface area contributed by atoms with Gasteiger partial charge in [-0.25, -0.2) is 4.98 Å². The van der Waals surface area contributed by atoms with Gasteiger partial charge < -0.3 is 9.51 Å². The summed E-state index contributed by atoms with van der Waals surface area (Å²) in [5.74, 6) is -0.902. The number of aliphatic carboxylic acids is 1. The molecule has 1 aliphatic heterocycles. The number of fused-ring (bicyclic) bond motifs is 1. The molecule has 3 heterocycles. The van der Waals surface area contributed by atoms with E-state index in [1.165, 1.54) is 0 Å². The summed E-state index contributed by atoms with van der Waals surface area (Å²) in [6.07, 6.45) is 3.99. The predicted octanol–water partition coefficient (Wildman–Crippen LogP) is 1.16. The van der Waals surface area contributed by atoms with E-state index in [1.54, 1.807) is 0 Å². The highest BCUT2D eigenvalue weighted by atomic mass is 16.4. The van der Waals surface area contributed by atoms with Crippen LogP contribution in [0.25, 0.3) is 5.65 Å². The molecule has 2 aromatic rings. The third kappa shape index (κ3) is 1.86. The average Bonchev–Trinajstić information content (AvgIpc) is 2.66. The van der Waals surface area contributed by atoms with Crippen molar-refractivity contribution in [1.82, 2.24) is 14.3 Å². The zero-order valence-electron chi connectivity index (χ0n) is 10.2. The van der Waals surface area contributed by atoms with Crippen LogP contribution in [0.2, 0.25) is 0 Å². The van der Waals surface area contributed by atoms with Gasteiger partial charge in [0, 0.05) is 32.0 Å². The summed E-state index contributed by atoms with van der Waals surface area (Å²) in [4.78, 5) is 17.4. The second kappa shape index (κ2) is 4.10. The molecule has 0 bridgehead atoms. The van der Waals surface area contributed by atoms with E-state index in [1.807, 2.05) is 35.9 Å². The van der Waals surface area contributed by atoms with E-state index in [0.29, 0.717) is 13.1 Å². The second-order valence-corrected chi connectivity index (χ2v) is 4.88. The number of aromatic nitrogens is 2. The molecule has 2 aromatic heterocycles. The molecule has 0 atom stereocenters. The lowest BCUT2D eigenvalue weighted by molar-refractivity contribution is -0.147. The smallest absolute Gasteiger partial charge is 0.309 e. The molecule has 0 spiro atoms. The van der Waals surface area contributed by atoms with Crippen LogP contribution in [0.5, 0.6) is 0 Å². The summed E-state index contributed by atoms with van der Waals surface area (Å²) in [5, 5.41) is 8.82. The van der Waals surface area contributed by atoms with Gasteiger partial charge in [0.2, 0.25) is 0 Å². The van der Waals surface area contributed by atoms with Gasteiger partial charge in [-0.15, -0.1) is 0 Å². The Morgan fingerprint density at radius 1 is 1.56 bits per heavy atom. The molecule has 5 heteroatoms. The minimum Gasteiger partial charge on any atom is -0.481 e. The van der Waals surface area contributed by atoms with E-state index >= 15 is 0 Å². The minimum atomic E-state index is -0.697. The fourth-order valence-corrected chi connectivity index (χ4v) is 2.36. The Hall–Kier alpha value is -1.88. The number of rotatable bonds is 3. The SMILES string of the molecule is Cc1cccn2cc(CN3CC(C(=O)O)C3)nc12. The molecule has 1 fully saturated rings. The molecule has 1 saturated heterocycles. The molecule has 0 unspecified atom stereocenters. The van der Waals surface area contributed by atoms with Gasteiger partial charge in [-0.05, 0) is 18.6 Å². The van der Waals surface area contributed by atoms with Crippen molar-refractivity contribution in [1.29, 1.82) is 0 Å². The Kier molecular flexibility index (Phi) is 2.56. The van der Waals surface area contributed by atoms with E-state index in [0.717, 1.165) is 23.4 Å². The van der Waals surface area contributed by atoms with Crippen LogP contribution in [0.4, 0.5) is 0 Å². The number of aryl methyl sites for hydroxylation is 1. The zero-order valence-corrected chi connectivity index (χ0v) is 10.2. The summed E-state index contributed by atoms with van der Waals surface area (Å²) in [6.45, 7) is 4.02. The molecule has 0 radical (unpaired) electrons. The molecule has 18 heavy (non-hydrogen) atoms. The maximum Gasteiger partial charge on any atom is 0.309 e. The Balaban J connectivity index is 1.73. The highest BCUT2D eigenvalue weighted by Gasteiger charge is 2.32. The van der Waals surface area contributed by atoms with Crippen molar-refractivity contribution in [2.24, 2.45) is 5.92 Å². The Bertz CT molecular complexity index is 599. The van der Waals surface area contributed by atoms with Crippen molar-refractivity contribution in [3.8, 4) is 0 Å². The van der Waals surface area contributed by atoms with Crippen molar-refractivity contribution in [3.05, 3.63) is 35.8 Å². The number of nitrogens with zero attached hydrogens (tertiary/aromatic N) is 3. The molecular formula is C13H15N3O2. The fraction of sp³-hybridized carbons (Fsp3) is 0.385. The summed E-state index contributed by atoms with van der Waals surface area (Å²) >= 11 is 0. The van der Waals surface area contributed by atoms with Crippen LogP contribution in [0.1, 0.15) is 11.3 Å². The van der Waals surface area contributed by atoms with Crippen molar-refractivity contribution >= 4 is 11.6 Å². The number of imidazole rings is 1. The number of pyridine rings is 1. The molecule has 0 aliphatic carbocycles. The van der Waals surface area contributed by atoms with Crippen LogP contribution in [-0.2, 0) is 11.3 Å². The molecular weight excluding hydrogens is 230 g/mol. The standard InChI is InChI=1S/C13H15N3O2/c1-9-3-2-4-16-8-11(14-12(9)16)7-15-5-10(6-15)13(17)18/h2-4,8,10H,5-7H2,1H3,(H,17,18). The first-order valence-electron chi connectivity index (χ1n) is 6.02. The highest BCUT2D eigenvalue weighted by Crippen LogP contribution is 2.19. The lowest BCUT2D eigenvalue weighted by atomic mass is 10.0. The first-order chi connectivity index (χ1) is 8.63. The number of carboxylic acids is 1. The third-order valence-electron chi connectivity index (χ3n) is 3.42. The molecule has 0 saturated carbocycles. The fourth-order valence-electron chi connectivity index (χ4n) is 2.36. The van der Waals surface area contributed by atoms with Crippen LogP contribution < -0.4 is 0 Å². The number of likely N-dealkylation sites (tertiary alicyclic amines) is 1. The lowest BCUT2D eigenvalue weighted by Gasteiger charge is -2.35. The summed E-state index contributed by atoms with van der Waals surface area (Å²) in [5.41, 5.74) is 3.12.